The molecule has 0 radical (unpaired) electrons. The van der Waals surface area contributed by atoms with Crippen molar-refractivity contribution >= 4 is 49.8 Å². The number of hydrogen-bond acceptors (Lipinski definition) is 32. The quantitative estimate of drug-likeness (QED) is 0.00956. The summed E-state index contributed by atoms with van der Waals surface area (Å²) in [6.45, 7) is 28.3. The van der Waals surface area contributed by atoms with Gasteiger partial charge in [0.15, 0.2) is 11.6 Å². The highest BCUT2D eigenvalue weighted by molar-refractivity contribution is 7.91. The molecule has 32 nitrogen and oxygen atoms in total. The number of anilines is 5. The molecule has 0 amide bonds. The first kappa shape index (κ1) is 126. The highest BCUT2D eigenvalue weighted by atomic mass is 32.2. The Balaban J connectivity index is 0.00000159. The van der Waals surface area contributed by atoms with E-state index in [1.807, 2.05) is 45.2 Å². The average Bonchev–Trinajstić information content (AvgIpc) is 0.795. The molecule has 135 heavy (non-hydrogen) atoms. The van der Waals surface area contributed by atoms with Gasteiger partial charge in [0.25, 0.3) is 0 Å². The summed E-state index contributed by atoms with van der Waals surface area (Å²) in [4.78, 5) is 26.2. The van der Waals surface area contributed by atoms with E-state index in [1.54, 1.807) is 146 Å². The van der Waals surface area contributed by atoms with E-state index in [4.69, 9.17) is 131 Å². The minimum Gasteiger partial charge on any atom is -0.457 e. The van der Waals surface area contributed by atoms with E-state index in [2.05, 4.69) is 28.2 Å². The number of carbonyl (C=O) groups excluding carboxylic acids is 2. The molecule has 0 atom stereocenters. The highest BCUT2D eigenvalue weighted by Crippen LogP contribution is 2.28. The minimum absolute atomic E-state index is 0.139. The summed E-state index contributed by atoms with van der Waals surface area (Å²) in [5.74, 6) is 2.23. The summed E-state index contributed by atoms with van der Waals surface area (Å²) < 4.78 is 62.5. The van der Waals surface area contributed by atoms with Gasteiger partial charge in [0, 0.05) is 129 Å². The number of likely N-dealkylation sites (N-methyl/N-ethyl adjacent to an activating group) is 1. The van der Waals surface area contributed by atoms with Gasteiger partial charge >= 0.3 is 0 Å². The van der Waals surface area contributed by atoms with Crippen molar-refractivity contribution in [2.45, 2.75) is 159 Å². The highest BCUT2D eigenvalue weighted by Gasteiger charge is 2.19. The number of ether oxygens (including phenoxy) is 7. The Labute approximate surface area is 808 Å². The van der Waals surface area contributed by atoms with Crippen molar-refractivity contribution in [2.24, 2.45) is 74.2 Å². The lowest BCUT2D eigenvalue weighted by Gasteiger charge is -2.22. The third-order valence-corrected chi connectivity index (χ3v) is 21.3. The lowest BCUT2D eigenvalue weighted by atomic mass is 9.95. The number of nitrogen functional groups attached to an aromatic ring is 5. The van der Waals surface area contributed by atoms with Crippen LogP contribution in [0.25, 0.3) is 0 Å². The number of carbonyl (C=O) groups is 2. The average molecular weight is 1900 g/mol. The fraction of sp³-hybridized carbons (Fsp3) is 0.510. The predicted octanol–water partition coefficient (Wildman–Crippen LogP) is 10.3. The lowest BCUT2D eigenvalue weighted by Crippen LogP contribution is -2.32. The molecule has 9 rings (SSSR count). The maximum Gasteiger partial charge on any atom is 0.206 e. The van der Waals surface area contributed by atoms with Gasteiger partial charge < -0.3 is 152 Å². The van der Waals surface area contributed by atoms with E-state index in [9.17, 15) is 18.0 Å². The predicted molar refractivity (Wildman–Crippen MR) is 562 cm³/mol. The number of nitrogens with one attached hydrogen (secondary N) is 4. The molecule has 33 heteroatoms. The van der Waals surface area contributed by atoms with Crippen LogP contribution in [-0.4, -0.2) is 210 Å². The van der Waals surface area contributed by atoms with Gasteiger partial charge in [0.2, 0.25) is 9.84 Å². The molecule has 0 aromatic heterocycles. The van der Waals surface area contributed by atoms with Crippen LogP contribution in [0.4, 0.5) is 28.4 Å². The summed E-state index contributed by atoms with van der Waals surface area (Å²) >= 11 is 0. The van der Waals surface area contributed by atoms with E-state index >= 15 is 0 Å². The number of rotatable bonds is 55. The number of sulfone groups is 1. The van der Waals surface area contributed by atoms with E-state index in [0.717, 1.165) is 173 Å². The summed E-state index contributed by atoms with van der Waals surface area (Å²) in [7, 11) is -1.66. The Kier molecular flexibility index (Phi) is 80.5. The SMILES string of the molecule is CC(C)(CN)CN.CCCNCCCCNCCN.CNCCN.NCCCCCN.NCCCNC1CCCCC1.NCCCOCCCCOCCCN.NCCCOCCOCCOCCCN.NCc1ccccc1N.Nc1ccc(Oc2ccc(C(=O)c3ccc(C(=O)c4ccc(Oc5ccc(N)cc5)cc4)cc3)cc2)cc1.Nc1cccc(S(=O)(=O)c2cccc(N)c2)c1. The van der Waals surface area contributed by atoms with Crippen LogP contribution in [0.1, 0.15) is 174 Å². The molecule has 0 spiro atoms. The number of benzene rings is 8. The molecule has 1 saturated carbocycles. The fourth-order valence-corrected chi connectivity index (χ4v) is 12.7. The van der Waals surface area contributed by atoms with Crippen molar-refractivity contribution in [3.05, 3.63) is 222 Å². The van der Waals surface area contributed by atoms with Crippen molar-refractivity contribution in [1.82, 2.24) is 21.3 Å². The van der Waals surface area contributed by atoms with Gasteiger partial charge in [-0.3, -0.25) is 9.59 Å². The van der Waals surface area contributed by atoms with Crippen LogP contribution in [0, 0.1) is 5.41 Å². The van der Waals surface area contributed by atoms with Gasteiger partial charge in [0.05, 0.1) is 36.2 Å². The molecule has 1 fully saturated rings. The van der Waals surface area contributed by atoms with E-state index in [1.165, 1.54) is 82.1 Å². The number of unbranched alkanes of at least 4 members (excludes halogenated alkanes) is 4. The van der Waals surface area contributed by atoms with Crippen LogP contribution in [0.15, 0.2) is 204 Å². The molecule has 0 heterocycles. The van der Waals surface area contributed by atoms with E-state index < -0.39 is 9.84 Å². The van der Waals surface area contributed by atoms with Crippen LogP contribution in [0.3, 0.4) is 0 Å². The smallest absolute Gasteiger partial charge is 0.206 e. The molecule has 0 aliphatic heterocycles. The zero-order valence-electron chi connectivity index (χ0n) is 81.8. The first-order valence-electron chi connectivity index (χ1n) is 47.8. The standard InChI is InChI=1S/C32H24N2O4.C12H12N2O2S.C10H24N2O3.C10H24N2O2.C9H23N3.C9H20N2.C7H10N2.2C5H14N2.C3H10N2/c33-25-9-17-29(18-10-25)37-27-13-5-23(6-14-27)31(35)21-1-2-22(4-3-21)32(36)24-7-15-28(16-8-24)38-30-19-11-26(34)12-20-30;13-9-3-1-5-11(7-9)17(15,16)12-6-2-4-10(14)8-12;11-3-1-5-13-7-9-15-10-8-14-6-2-4-12;11-5-3-9-13-7-1-2-8-14-10-4-6-12;1-2-6-11-7-3-4-8-12-9-5-10;10-7-4-8-11-9-5-2-1-3-6-9;8-5-6-3-1-2-4-7(6)9;1-5(2,3-6)4-7;6-4-2-1-3-5-7;1-5-3-2-4/h1-20H,33-34H2;1-8H,13-14H2;1-12H2;1-12H2;11-12H,2-10H2,1H3;9,11H,1-8,10H2;1-4H,5,8-9H2;3-4,6-7H2,1-2H3;1-7H2;5H,2-4H2,1H3. The Morgan fingerprint density at radius 2 is 0.696 bits per heavy atom. The number of hydrogen-bond donors (Lipinski definition) is 21. The first-order chi connectivity index (χ1) is 65.4. The van der Waals surface area contributed by atoms with Crippen molar-refractivity contribution in [3.8, 4) is 23.0 Å². The second kappa shape index (κ2) is 86.4. The number of para-hydroxylation sites is 1. The van der Waals surface area contributed by atoms with Crippen molar-refractivity contribution in [3.63, 3.8) is 0 Å². The largest absolute Gasteiger partial charge is 0.457 e. The third-order valence-electron chi connectivity index (χ3n) is 19.6. The Morgan fingerprint density at radius 3 is 1.01 bits per heavy atom. The van der Waals surface area contributed by atoms with Gasteiger partial charge in [-0.25, -0.2) is 8.42 Å². The van der Waals surface area contributed by atoms with Crippen LogP contribution in [0.2, 0.25) is 0 Å². The van der Waals surface area contributed by atoms with Crippen molar-refractivity contribution in [2.75, 3.05) is 213 Å². The monoisotopic (exact) mass is 1900 g/mol. The maximum atomic E-state index is 13.0. The zero-order valence-corrected chi connectivity index (χ0v) is 82.6. The molecule has 0 unspecified atom stereocenters. The van der Waals surface area contributed by atoms with Crippen molar-refractivity contribution < 1.29 is 51.2 Å². The van der Waals surface area contributed by atoms with Gasteiger partial charge in [-0.05, 0) is 333 Å². The summed E-state index contributed by atoms with van der Waals surface area (Å²) in [5.41, 5.74) is 97.8. The number of ketones is 2. The molecular formula is C102H175N21O11S. The summed E-state index contributed by atoms with van der Waals surface area (Å²) in [6.07, 6.45) is 21.2. The summed E-state index contributed by atoms with van der Waals surface area (Å²) in [6, 6.07) is 55.3. The molecule has 0 bridgehead atoms. The second-order valence-corrected chi connectivity index (χ2v) is 34.0. The molecule has 0 saturated heterocycles. The van der Waals surface area contributed by atoms with Gasteiger partial charge in [-0.15, -0.1) is 0 Å². The van der Waals surface area contributed by atoms with Gasteiger partial charge in [-0.2, -0.15) is 0 Å². The normalized spacial score (nSPS) is 11.3. The Bertz CT molecular complexity index is 3970. The van der Waals surface area contributed by atoms with Crippen LogP contribution in [-0.2, 0) is 40.1 Å². The summed E-state index contributed by atoms with van der Waals surface area (Å²) in [5, 5.41) is 13.1. The molecule has 8 aromatic carbocycles. The Morgan fingerprint density at radius 1 is 0.348 bits per heavy atom. The molecule has 1 aliphatic carbocycles. The topological polar surface area (TPSA) is 623 Å². The zero-order chi connectivity index (χ0) is 99.9. The molecule has 38 N–H and O–H groups in total. The third kappa shape index (κ3) is 67.7. The lowest BCUT2D eigenvalue weighted by molar-refractivity contribution is 0.0143. The second-order valence-electron chi connectivity index (χ2n) is 32.0. The molecule has 1 aliphatic rings. The molecule has 760 valence electrons. The first-order valence-corrected chi connectivity index (χ1v) is 49.2. The van der Waals surface area contributed by atoms with Crippen LogP contribution < -0.4 is 128 Å². The molecular weight excluding hydrogens is 1730 g/mol. The van der Waals surface area contributed by atoms with Gasteiger partial charge in [0.1, 0.15) is 23.0 Å². The van der Waals surface area contributed by atoms with Gasteiger partial charge in [-0.1, -0.05) is 101 Å². The minimum atomic E-state index is -3.54. The van der Waals surface area contributed by atoms with Crippen molar-refractivity contribution in [1.29, 1.82) is 0 Å². The van der Waals surface area contributed by atoms with Crippen LogP contribution >= 0.6 is 0 Å². The van der Waals surface area contributed by atoms with E-state index in [0.29, 0.717) is 153 Å². The van der Waals surface area contributed by atoms with E-state index in [-0.39, 0.29) is 26.8 Å². The molecule has 8 aromatic rings. The fourth-order valence-electron chi connectivity index (χ4n) is 11.4. The maximum absolute atomic E-state index is 13.0. The number of nitrogens with two attached hydrogens (primary N) is 17. The van der Waals surface area contributed by atoms with Crippen LogP contribution in [0.5, 0.6) is 23.0 Å². The Hall–Kier alpha value is -9.19.